The normalized spacial score (nSPS) is 17.8. The fourth-order valence-corrected chi connectivity index (χ4v) is 2.27. The molecule has 14 heavy (non-hydrogen) atoms. The van der Waals surface area contributed by atoms with Crippen molar-refractivity contribution in [3.63, 3.8) is 0 Å². The SMILES string of the molecule is CCC(CCCSC(C)C(C)O)NC. The molecule has 0 aliphatic heterocycles. The fourth-order valence-electron chi connectivity index (χ4n) is 1.29. The molecule has 0 aliphatic rings. The summed E-state index contributed by atoms with van der Waals surface area (Å²) >= 11 is 1.87. The lowest BCUT2D eigenvalue weighted by atomic mass is 10.1. The maximum absolute atomic E-state index is 9.29. The van der Waals surface area contributed by atoms with Crippen molar-refractivity contribution in [2.75, 3.05) is 12.8 Å². The summed E-state index contributed by atoms with van der Waals surface area (Å²) in [6.45, 7) is 6.16. The summed E-state index contributed by atoms with van der Waals surface area (Å²) in [4.78, 5) is 0. The van der Waals surface area contributed by atoms with Crippen molar-refractivity contribution in [2.24, 2.45) is 0 Å². The zero-order valence-electron chi connectivity index (χ0n) is 9.92. The van der Waals surface area contributed by atoms with Crippen LogP contribution in [-0.4, -0.2) is 35.3 Å². The topological polar surface area (TPSA) is 32.3 Å². The van der Waals surface area contributed by atoms with E-state index in [1.54, 1.807) is 0 Å². The third-order valence-electron chi connectivity index (χ3n) is 2.66. The Morgan fingerprint density at radius 3 is 2.43 bits per heavy atom. The number of thioether (sulfide) groups is 1. The van der Waals surface area contributed by atoms with Gasteiger partial charge in [-0.2, -0.15) is 11.8 Å². The third-order valence-corrected chi connectivity index (χ3v) is 4.10. The predicted octanol–water partition coefficient (Wildman–Crippen LogP) is 2.27. The second-order valence-corrected chi connectivity index (χ2v) is 5.34. The largest absolute Gasteiger partial charge is 0.392 e. The van der Waals surface area contributed by atoms with Gasteiger partial charge in [0.05, 0.1) is 6.10 Å². The van der Waals surface area contributed by atoms with Gasteiger partial charge in [0.25, 0.3) is 0 Å². The van der Waals surface area contributed by atoms with Crippen molar-refractivity contribution < 1.29 is 5.11 Å². The van der Waals surface area contributed by atoms with Gasteiger partial charge in [0.1, 0.15) is 0 Å². The van der Waals surface area contributed by atoms with E-state index in [1.807, 2.05) is 25.7 Å². The van der Waals surface area contributed by atoms with Crippen LogP contribution in [0.15, 0.2) is 0 Å². The summed E-state index contributed by atoms with van der Waals surface area (Å²) in [5.41, 5.74) is 0. The molecule has 0 radical (unpaired) electrons. The van der Waals surface area contributed by atoms with E-state index in [4.69, 9.17) is 0 Å². The summed E-state index contributed by atoms with van der Waals surface area (Å²) in [7, 11) is 2.03. The van der Waals surface area contributed by atoms with Crippen LogP contribution in [0.25, 0.3) is 0 Å². The van der Waals surface area contributed by atoms with E-state index in [0.717, 1.165) is 5.75 Å². The highest BCUT2D eigenvalue weighted by atomic mass is 32.2. The van der Waals surface area contributed by atoms with Gasteiger partial charge in [0.15, 0.2) is 0 Å². The Morgan fingerprint density at radius 1 is 1.36 bits per heavy atom. The van der Waals surface area contributed by atoms with Crippen LogP contribution in [0.2, 0.25) is 0 Å². The minimum absolute atomic E-state index is 0.189. The molecule has 0 aromatic carbocycles. The van der Waals surface area contributed by atoms with Crippen molar-refractivity contribution in [2.45, 2.75) is 57.4 Å². The fraction of sp³-hybridized carbons (Fsp3) is 1.00. The van der Waals surface area contributed by atoms with Crippen LogP contribution in [0, 0.1) is 0 Å². The molecule has 0 fully saturated rings. The van der Waals surface area contributed by atoms with E-state index in [1.165, 1.54) is 19.3 Å². The Kier molecular flexibility index (Phi) is 8.73. The molecule has 0 saturated carbocycles. The predicted molar refractivity (Wildman–Crippen MR) is 66.0 cm³/mol. The van der Waals surface area contributed by atoms with Crippen LogP contribution < -0.4 is 5.32 Å². The first-order valence-corrected chi connectivity index (χ1v) is 6.63. The Hall–Kier alpha value is 0.270. The average Bonchev–Trinajstić information content (AvgIpc) is 2.17. The second kappa shape index (κ2) is 8.57. The molecule has 0 aliphatic carbocycles. The molecule has 3 unspecified atom stereocenters. The highest BCUT2D eigenvalue weighted by Crippen LogP contribution is 2.16. The quantitative estimate of drug-likeness (QED) is 0.614. The number of rotatable bonds is 8. The first-order valence-electron chi connectivity index (χ1n) is 5.58. The van der Waals surface area contributed by atoms with E-state index in [9.17, 15) is 5.11 Å². The van der Waals surface area contributed by atoms with Gasteiger partial charge in [0.2, 0.25) is 0 Å². The van der Waals surface area contributed by atoms with Crippen LogP contribution >= 0.6 is 11.8 Å². The third kappa shape index (κ3) is 6.68. The lowest BCUT2D eigenvalue weighted by molar-refractivity contribution is 0.196. The Morgan fingerprint density at radius 2 is 2.00 bits per heavy atom. The first-order chi connectivity index (χ1) is 6.61. The average molecular weight is 219 g/mol. The number of aliphatic hydroxyl groups is 1. The number of nitrogens with one attached hydrogen (secondary N) is 1. The minimum atomic E-state index is -0.189. The van der Waals surface area contributed by atoms with E-state index in [0.29, 0.717) is 11.3 Å². The van der Waals surface area contributed by atoms with Crippen LogP contribution in [0.1, 0.15) is 40.0 Å². The molecule has 0 heterocycles. The smallest absolute Gasteiger partial charge is 0.0627 e. The summed E-state index contributed by atoms with van der Waals surface area (Å²) in [6.07, 6.45) is 3.49. The van der Waals surface area contributed by atoms with Gasteiger partial charge in [-0.1, -0.05) is 13.8 Å². The van der Waals surface area contributed by atoms with Gasteiger partial charge in [0, 0.05) is 11.3 Å². The van der Waals surface area contributed by atoms with Gasteiger partial charge < -0.3 is 10.4 Å². The molecule has 0 aromatic heterocycles. The molecule has 0 bridgehead atoms. The molecule has 0 saturated heterocycles. The summed E-state index contributed by atoms with van der Waals surface area (Å²) in [5.74, 6) is 1.16. The van der Waals surface area contributed by atoms with Gasteiger partial charge in [-0.3, -0.25) is 0 Å². The van der Waals surface area contributed by atoms with E-state index in [-0.39, 0.29) is 6.10 Å². The summed E-state index contributed by atoms with van der Waals surface area (Å²) < 4.78 is 0. The van der Waals surface area contributed by atoms with Crippen molar-refractivity contribution >= 4 is 11.8 Å². The first kappa shape index (κ1) is 14.3. The molecule has 2 N–H and O–H groups in total. The van der Waals surface area contributed by atoms with E-state index in [2.05, 4.69) is 19.2 Å². The zero-order valence-corrected chi connectivity index (χ0v) is 10.7. The second-order valence-electron chi connectivity index (χ2n) is 3.85. The van der Waals surface area contributed by atoms with E-state index >= 15 is 0 Å². The summed E-state index contributed by atoms with van der Waals surface area (Å²) in [5, 5.41) is 13.0. The minimum Gasteiger partial charge on any atom is -0.392 e. The van der Waals surface area contributed by atoms with Gasteiger partial charge >= 0.3 is 0 Å². The molecule has 0 rings (SSSR count). The maximum atomic E-state index is 9.29. The van der Waals surface area contributed by atoms with Crippen molar-refractivity contribution in [1.29, 1.82) is 0 Å². The van der Waals surface area contributed by atoms with E-state index < -0.39 is 0 Å². The highest BCUT2D eigenvalue weighted by Gasteiger charge is 2.09. The molecule has 3 atom stereocenters. The highest BCUT2D eigenvalue weighted by molar-refractivity contribution is 7.99. The summed E-state index contributed by atoms with van der Waals surface area (Å²) in [6, 6.07) is 0.664. The molecule has 0 amide bonds. The number of aliphatic hydroxyl groups excluding tert-OH is 1. The zero-order chi connectivity index (χ0) is 11.0. The maximum Gasteiger partial charge on any atom is 0.0627 e. The van der Waals surface area contributed by atoms with Crippen LogP contribution in [0.5, 0.6) is 0 Å². The Bertz CT molecular complexity index is 122. The Balaban J connectivity index is 3.36. The molecule has 0 spiro atoms. The van der Waals surface area contributed by atoms with Crippen LogP contribution in [0.4, 0.5) is 0 Å². The van der Waals surface area contributed by atoms with Crippen molar-refractivity contribution in [3.05, 3.63) is 0 Å². The van der Waals surface area contributed by atoms with Crippen molar-refractivity contribution in [3.8, 4) is 0 Å². The molecule has 0 aromatic rings. The monoisotopic (exact) mass is 219 g/mol. The molecule has 3 heteroatoms. The van der Waals surface area contributed by atoms with Gasteiger partial charge in [-0.05, 0) is 39.0 Å². The van der Waals surface area contributed by atoms with Gasteiger partial charge in [-0.15, -0.1) is 0 Å². The Labute approximate surface area is 92.9 Å². The van der Waals surface area contributed by atoms with Crippen molar-refractivity contribution in [1.82, 2.24) is 5.32 Å². The lowest BCUT2D eigenvalue weighted by Gasteiger charge is -2.16. The lowest BCUT2D eigenvalue weighted by Crippen LogP contribution is -2.24. The molecular formula is C11H25NOS. The number of hydrogen-bond donors (Lipinski definition) is 2. The van der Waals surface area contributed by atoms with Gasteiger partial charge in [-0.25, -0.2) is 0 Å². The van der Waals surface area contributed by atoms with Crippen LogP contribution in [-0.2, 0) is 0 Å². The standard InChI is InChI=1S/C11H25NOS/c1-5-11(12-4)7-6-8-14-10(3)9(2)13/h9-13H,5-8H2,1-4H3. The molecule has 2 nitrogen and oxygen atoms in total. The molecule has 86 valence electrons. The number of hydrogen-bond acceptors (Lipinski definition) is 3. The molecular weight excluding hydrogens is 194 g/mol. The van der Waals surface area contributed by atoms with Crippen LogP contribution in [0.3, 0.4) is 0 Å².